The minimum atomic E-state index is -1.57. The first-order valence-corrected chi connectivity index (χ1v) is 9.24. The van der Waals surface area contributed by atoms with Crippen molar-refractivity contribution in [1.29, 1.82) is 0 Å². The quantitative estimate of drug-likeness (QED) is 0.874. The van der Waals surface area contributed by atoms with E-state index in [0.29, 0.717) is 17.8 Å². The van der Waals surface area contributed by atoms with Crippen molar-refractivity contribution in [1.82, 2.24) is 5.32 Å². The van der Waals surface area contributed by atoms with Gasteiger partial charge in [0.25, 0.3) is 0 Å². The number of carbonyl (C=O) groups excluding carboxylic acids is 1. The largest absolute Gasteiger partial charge is 0.383 e. The molecule has 4 aliphatic carbocycles. The van der Waals surface area contributed by atoms with Gasteiger partial charge in [-0.15, -0.1) is 0 Å². The van der Waals surface area contributed by atoms with Crippen molar-refractivity contribution in [3.8, 4) is 0 Å². The first-order valence-electron chi connectivity index (χ1n) is 9.24. The fourth-order valence-corrected chi connectivity index (χ4v) is 5.85. The molecule has 4 bridgehead atoms. The Morgan fingerprint density at radius 1 is 1.20 bits per heavy atom. The van der Waals surface area contributed by atoms with Crippen LogP contribution in [0.1, 0.15) is 51.0 Å². The maximum atomic E-state index is 14.0. The lowest BCUT2D eigenvalue weighted by Gasteiger charge is -2.55. The lowest BCUT2D eigenvalue weighted by Crippen LogP contribution is -2.55. The summed E-state index contributed by atoms with van der Waals surface area (Å²) in [7, 11) is 0. The lowest BCUT2D eigenvalue weighted by atomic mass is 9.49. The van der Waals surface area contributed by atoms with Gasteiger partial charge in [-0.3, -0.25) is 4.79 Å². The maximum absolute atomic E-state index is 14.0. The van der Waals surface area contributed by atoms with Crippen LogP contribution in [0.15, 0.2) is 18.2 Å². The Bertz CT molecular complexity index is 666. The van der Waals surface area contributed by atoms with Gasteiger partial charge < -0.3 is 10.4 Å². The Kier molecular flexibility index (Phi) is 3.91. The number of rotatable bonds is 4. The molecule has 5 rings (SSSR count). The SMILES string of the molecule is CC(O)(CNC(=O)C12CC3CC(CC(C3)C1)C2)c1ccc(F)cc1F. The fourth-order valence-electron chi connectivity index (χ4n) is 5.85. The number of carbonyl (C=O) groups is 1. The summed E-state index contributed by atoms with van der Waals surface area (Å²) in [4.78, 5) is 12.9. The predicted octanol–water partition coefficient (Wildman–Crippen LogP) is 3.50. The average Bonchev–Trinajstić information content (AvgIpc) is 2.51. The molecule has 0 aliphatic heterocycles. The van der Waals surface area contributed by atoms with Crippen LogP contribution in [0, 0.1) is 34.8 Å². The Morgan fingerprint density at radius 2 is 1.76 bits per heavy atom. The molecule has 136 valence electrons. The van der Waals surface area contributed by atoms with Gasteiger partial charge in [-0.2, -0.15) is 0 Å². The number of halogens is 2. The van der Waals surface area contributed by atoms with Gasteiger partial charge in [-0.05, 0) is 69.3 Å². The zero-order chi connectivity index (χ0) is 17.8. The van der Waals surface area contributed by atoms with Gasteiger partial charge in [-0.1, -0.05) is 6.07 Å². The minimum Gasteiger partial charge on any atom is -0.383 e. The Labute approximate surface area is 146 Å². The van der Waals surface area contributed by atoms with Gasteiger partial charge in [-0.25, -0.2) is 8.78 Å². The Balaban J connectivity index is 1.46. The molecule has 0 spiro atoms. The number of benzene rings is 1. The van der Waals surface area contributed by atoms with Gasteiger partial charge >= 0.3 is 0 Å². The molecule has 1 unspecified atom stereocenters. The van der Waals surface area contributed by atoms with Crippen LogP contribution in [0.4, 0.5) is 8.78 Å². The third-order valence-electron chi connectivity index (χ3n) is 6.62. The van der Waals surface area contributed by atoms with E-state index in [1.54, 1.807) is 0 Å². The van der Waals surface area contributed by atoms with Crippen LogP contribution >= 0.6 is 0 Å². The van der Waals surface area contributed by atoms with Crippen molar-refractivity contribution in [3.05, 3.63) is 35.4 Å². The number of hydrogen-bond donors (Lipinski definition) is 2. The van der Waals surface area contributed by atoms with Gasteiger partial charge in [0.05, 0.1) is 6.54 Å². The highest BCUT2D eigenvalue weighted by Gasteiger charge is 2.54. The molecule has 0 radical (unpaired) electrons. The second-order valence-electron chi connectivity index (χ2n) is 8.78. The monoisotopic (exact) mass is 349 g/mol. The number of aliphatic hydroxyl groups is 1. The molecular weight excluding hydrogens is 324 g/mol. The molecule has 4 fully saturated rings. The highest BCUT2D eigenvalue weighted by Crippen LogP contribution is 2.60. The molecular formula is C20H25F2NO2. The summed E-state index contributed by atoms with van der Waals surface area (Å²) in [6.07, 6.45) is 6.59. The van der Waals surface area contributed by atoms with E-state index < -0.39 is 17.2 Å². The molecule has 0 heterocycles. The van der Waals surface area contributed by atoms with E-state index in [0.717, 1.165) is 31.4 Å². The van der Waals surface area contributed by atoms with E-state index in [2.05, 4.69) is 5.32 Å². The molecule has 1 aromatic rings. The van der Waals surface area contributed by atoms with Crippen LogP contribution < -0.4 is 5.32 Å². The van der Waals surface area contributed by atoms with E-state index in [1.165, 1.54) is 32.3 Å². The van der Waals surface area contributed by atoms with Gasteiger partial charge in [0.2, 0.25) is 5.91 Å². The Hall–Kier alpha value is -1.49. The van der Waals surface area contributed by atoms with Gasteiger partial charge in [0.15, 0.2) is 0 Å². The van der Waals surface area contributed by atoms with E-state index in [4.69, 9.17) is 0 Å². The molecule has 5 heteroatoms. The summed E-state index contributed by atoms with van der Waals surface area (Å²) >= 11 is 0. The normalized spacial score (nSPS) is 35.4. The summed E-state index contributed by atoms with van der Waals surface area (Å²) in [6, 6.07) is 3.11. The predicted molar refractivity (Wildman–Crippen MR) is 89.5 cm³/mol. The van der Waals surface area contributed by atoms with Gasteiger partial charge in [0, 0.05) is 17.0 Å². The molecule has 0 saturated heterocycles. The van der Waals surface area contributed by atoms with Crippen LogP contribution in [-0.2, 0) is 10.4 Å². The van der Waals surface area contributed by atoms with Crippen molar-refractivity contribution >= 4 is 5.91 Å². The summed E-state index contributed by atoms with van der Waals surface area (Å²) < 4.78 is 27.1. The molecule has 0 aromatic heterocycles. The van der Waals surface area contributed by atoms with Crippen LogP contribution in [0.5, 0.6) is 0 Å². The van der Waals surface area contributed by atoms with E-state index in [-0.39, 0.29) is 23.4 Å². The molecule has 1 amide bonds. The average molecular weight is 349 g/mol. The standard InChI is InChI=1S/C20H25F2NO2/c1-19(25,16-3-2-15(21)7-17(16)22)11-23-18(24)20-8-12-4-13(9-20)6-14(5-12)10-20/h2-3,7,12-14,25H,4-6,8-11H2,1H3,(H,23,24). The summed E-state index contributed by atoms with van der Waals surface area (Å²) in [6.45, 7) is 1.37. The highest BCUT2D eigenvalue weighted by molar-refractivity contribution is 5.83. The topological polar surface area (TPSA) is 49.3 Å². The van der Waals surface area contributed by atoms with Crippen LogP contribution in [0.25, 0.3) is 0 Å². The van der Waals surface area contributed by atoms with E-state index in [9.17, 15) is 18.7 Å². The third kappa shape index (κ3) is 2.97. The molecule has 3 nitrogen and oxygen atoms in total. The van der Waals surface area contributed by atoms with Crippen LogP contribution in [-0.4, -0.2) is 17.6 Å². The minimum absolute atomic E-state index is 0.000267. The molecule has 4 saturated carbocycles. The van der Waals surface area contributed by atoms with Crippen molar-refractivity contribution in [3.63, 3.8) is 0 Å². The van der Waals surface area contributed by atoms with E-state index >= 15 is 0 Å². The molecule has 4 aliphatic rings. The second-order valence-corrected chi connectivity index (χ2v) is 8.78. The molecule has 25 heavy (non-hydrogen) atoms. The summed E-state index contributed by atoms with van der Waals surface area (Å²) in [5.41, 5.74) is -1.87. The zero-order valence-corrected chi connectivity index (χ0v) is 14.5. The van der Waals surface area contributed by atoms with Gasteiger partial charge in [0.1, 0.15) is 17.2 Å². The van der Waals surface area contributed by atoms with Crippen molar-refractivity contribution in [2.24, 2.45) is 23.2 Å². The third-order valence-corrected chi connectivity index (χ3v) is 6.62. The molecule has 2 N–H and O–H groups in total. The number of amides is 1. The van der Waals surface area contributed by atoms with Crippen LogP contribution in [0.2, 0.25) is 0 Å². The second kappa shape index (κ2) is 5.76. The highest BCUT2D eigenvalue weighted by atomic mass is 19.1. The summed E-state index contributed by atoms with van der Waals surface area (Å²) in [5.74, 6) is 0.490. The number of hydrogen-bond acceptors (Lipinski definition) is 2. The lowest BCUT2D eigenvalue weighted by molar-refractivity contribution is -0.147. The van der Waals surface area contributed by atoms with Crippen LogP contribution in [0.3, 0.4) is 0 Å². The first kappa shape index (κ1) is 17.0. The van der Waals surface area contributed by atoms with Crippen molar-refractivity contribution in [2.45, 2.75) is 51.0 Å². The summed E-state index contributed by atoms with van der Waals surface area (Å²) in [5, 5.41) is 13.5. The smallest absolute Gasteiger partial charge is 0.226 e. The molecule has 1 aromatic carbocycles. The van der Waals surface area contributed by atoms with E-state index in [1.807, 2.05) is 0 Å². The van der Waals surface area contributed by atoms with Crippen molar-refractivity contribution < 1.29 is 18.7 Å². The van der Waals surface area contributed by atoms with Crippen molar-refractivity contribution in [2.75, 3.05) is 6.54 Å². The fraction of sp³-hybridized carbons (Fsp3) is 0.650. The molecule has 1 atom stereocenters. The zero-order valence-electron chi connectivity index (χ0n) is 14.5. The first-order chi connectivity index (χ1) is 11.8. The maximum Gasteiger partial charge on any atom is 0.226 e. The number of nitrogens with one attached hydrogen (secondary N) is 1. The Morgan fingerprint density at radius 3 is 2.28 bits per heavy atom.